The van der Waals surface area contributed by atoms with Crippen molar-refractivity contribution in [3.05, 3.63) is 29.3 Å². The third-order valence-electron chi connectivity index (χ3n) is 2.61. The fourth-order valence-corrected chi connectivity index (χ4v) is 1.87. The van der Waals surface area contributed by atoms with E-state index in [2.05, 4.69) is 42.0 Å². The lowest BCUT2D eigenvalue weighted by molar-refractivity contribution is 0.102. The molecule has 1 aromatic carbocycles. The van der Waals surface area contributed by atoms with E-state index in [-0.39, 0.29) is 17.7 Å². The van der Waals surface area contributed by atoms with Crippen LogP contribution in [-0.4, -0.2) is 17.7 Å². The quantitative estimate of drug-likeness (QED) is 0.526. The molecule has 0 saturated carbocycles. The third-order valence-corrected chi connectivity index (χ3v) is 3.12. The van der Waals surface area contributed by atoms with E-state index in [1.54, 1.807) is 6.07 Å². The number of hydrogen-bond acceptors (Lipinski definition) is 3. The van der Waals surface area contributed by atoms with Gasteiger partial charge in [0.1, 0.15) is 6.54 Å². The van der Waals surface area contributed by atoms with Gasteiger partial charge in [-0.05, 0) is 29.2 Å². The van der Waals surface area contributed by atoms with Gasteiger partial charge >= 0.3 is 0 Å². The number of nitrogens with zero attached hydrogens (tertiary/aromatic N) is 1. The zero-order valence-electron chi connectivity index (χ0n) is 10.9. The van der Waals surface area contributed by atoms with Gasteiger partial charge in [-0.3, -0.25) is 4.79 Å². The first-order valence-corrected chi connectivity index (χ1v) is 6.86. The molecule has 1 rings (SSSR count). The molecule has 0 atom stereocenters. The lowest BCUT2D eigenvalue weighted by atomic mass is 9.85. The van der Waals surface area contributed by atoms with Crippen LogP contribution < -0.4 is 5.32 Å². The molecule has 1 N–H and O–H groups in total. The molecule has 0 aromatic heterocycles. The van der Waals surface area contributed by atoms with Crippen molar-refractivity contribution in [1.29, 1.82) is 5.26 Å². The molecule has 0 heterocycles. The minimum absolute atomic E-state index is 0.0360. The van der Waals surface area contributed by atoms with Crippen molar-refractivity contribution in [1.82, 2.24) is 0 Å². The van der Waals surface area contributed by atoms with Crippen LogP contribution >= 0.6 is 15.9 Å². The number of Topliss-reactive ketones (excluding diaryl/α,β-unsaturated/α-hetero) is 1. The SMILES string of the molecule is CC(C)(C)c1cc(NCC#N)cc(C(=O)CBr)c1. The first-order valence-electron chi connectivity index (χ1n) is 5.74. The number of carbonyl (C=O) groups excluding carboxylic acids is 1. The first-order chi connectivity index (χ1) is 8.38. The highest BCUT2D eigenvalue weighted by atomic mass is 79.9. The maximum absolute atomic E-state index is 11.8. The summed E-state index contributed by atoms with van der Waals surface area (Å²) in [7, 11) is 0. The predicted molar refractivity (Wildman–Crippen MR) is 77.4 cm³/mol. The van der Waals surface area contributed by atoms with E-state index in [1.807, 2.05) is 18.2 Å². The molecule has 18 heavy (non-hydrogen) atoms. The van der Waals surface area contributed by atoms with Gasteiger partial charge in [-0.15, -0.1) is 0 Å². The highest BCUT2D eigenvalue weighted by Gasteiger charge is 2.17. The third kappa shape index (κ3) is 3.85. The molecule has 0 fully saturated rings. The number of carbonyl (C=O) groups is 1. The van der Waals surface area contributed by atoms with Crippen LogP contribution in [0, 0.1) is 11.3 Å². The summed E-state index contributed by atoms with van der Waals surface area (Å²) in [5.41, 5.74) is 2.52. The molecule has 96 valence electrons. The number of anilines is 1. The minimum atomic E-state index is -0.0360. The van der Waals surface area contributed by atoms with Crippen LogP contribution in [0.1, 0.15) is 36.7 Å². The van der Waals surface area contributed by atoms with Crippen molar-refractivity contribution >= 4 is 27.4 Å². The Hall–Kier alpha value is -1.34. The number of hydrogen-bond donors (Lipinski definition) is 1. The monoisotopic (exact) mass is 308 g/mol. The highest BCUT2D eigenvalue weighted by Crippen LogP contribution is 2.27. The molecule has 1 aromatic rings. The number of halogens is 1. The second-order valence-electron chi connectivity index (χ2n) is 5.12. The zero-order chi connectivity index (χ0) is 13.8. The van der Waals surface area contributed by atoms with Gasteiger partial charge in [0.2, 0.25) is 0 Å². The first kappa shape index (κ1) is 14.7. The van der Waals surface area contributed by atoms with Crippen LogP contribution in [0.4, 0.5) is 5.69 Å². The summed E-state index contributed by atoms with van der Waals surface area (Å²) in [6, 6.07) is 7.73. The van der Waals surface area contributed by atoms with Gasteiger partial charge in [-0.1, -0.05) is 36.7 Å². The molecule has 0 bridgehead atoms. The van der Waals surface area contributed by atoms with Crippen LogP contribution in [-0.2, 0) is 5.41 Å². The molecule has 0 aliphatic rings. The molecular formula is C14H17BrN2O. The lowest BCUT2D eigenvalue weighted by Crippen LogP contribution is -2.14. The normalized spacial score (nSPS) is 10.8. The van der Waals surface area contributed by atoms with Crippen molar-refractivity contribution in [3.8, 4) is 6.07 Å². The highest BCUT2D eigenvalue weighted by molar-refractivity contribution is 9.09. The van der Waals surface area contributed by atoms with E-state index in [1.165, 1.54) is 0 Å². The van der Waals surface area contributed by atoms with E-state index in [0.29, 0.717) is 10.9 Å². The number of ketones is 1. The Balaban J connectivity index is 3.21. The molecule has 3 nitrogen and oxygen atoms in total. The van der Waals surface area contributed by atoms with E-state index in [4.69, 9.17) is 5.26 Å². The molecule has 0 spiro atoms. The maximum atomic E-state index is 11.8. The zero-order valence-corrected chi connectivity index (χ0v) is 12.5. The molecule has 0 aliphatic heterocycles. The number of rotatable bonds is 4. The second-order valence-corrected chi connectivity index (χ2v) is 5.68. The van der Waals surface area contributed by atoms with Crippen LogP contribution in [0.25, 0.3) is 0 Å². The maximum Gasteiger partial charge on any atom is 0.173 e. The molecule has 0 unspecified atom stereocenters. The number of nitrogens with one attached hydrogen (secondary N) is 1. The molecule has 0 radical (unpaired) electrons. The fourth-order valence-electron chi connectivity index (χ4n) is 1.54. The predicted octanol–water partition coefficient (Wildman–Crippen LogP) is 3.50. The van der Waals surface area contributed by atoms with Gasteiger partial charge in [-0.25, -0.2) is 0 Å². The van der Waals surface area contributed by atoms with E-state index < -0.39 is 0 Å². The summed E-state index contributed by atoms with van der Waals surface area (Å²) in [6.45, 7) is 6.52. The number of benzene rings is 1. The smallest absolute Gasteiger partial charge is 0.173 e. The Kier molecular flexibility index (Phi) is 4.92. The van der Waals surface area contributed by atoms with Crippen LogP contribution in [0.5, 0.6) is 0 Å². The van der Waals surface area contributed by atoms with E-state index in [0.717, 1.165) is 11.3 Å². The molecule has 0 amide bonds. The molecule has 0 aliphatic carbocycles. The van der Waals surface area contributed by atoms with Crippen molar-refractivity contribution in [2.75, 3.05) is 17.2 Å². The Morgan fingerprint density at radius 1 is 1.39 bits per heavy atom. The van der Waals surface area contributed by atoms with Gasteiger partial charge in [0, 0.05) is 11.3 Å². The standard InChI is InChI=1S/C14H17BrN2O/c1-14(2,3)11-6-10(13(18)9-15)7-12(8-11)17-5-4-16/h6-8,17H,5,9H2,1-3H3. The van der Waals surface area contributed by atoms with Crippen molar-refractivity contribution in [3.63, 3.8) is 0 Å². The molecule has 0 saturated heterocycles. The Labute approximate surface area is 116 Å². The van der Waals surface area contributed by atoms with E-state index >= 15 is 0 Å². The summed E-state index contributed by atoms with van der Waals surface area (Å²) in [5, 5.41) is 11.9. The largest absolute Gasteiger partial charge is 0.372 e. The minimum Gasteiger partial charge on any atom is -0.372 e. The Morgan fingerprint density at radius 2 is 2.06 bits per heavy atom. The summed E-state index contributed by atoms with van der Waals surface area (Å²) in [6.07, 6.45) is 0. The van der Waals surface area contributed by atoms with Crippen LogP contribution in [0.15, 0.2) is 18.2 Å². The Morgan fingerprint density at radius 3 is 2.56 bits per heavy atom. The summed E-state index contributed by atoms with van der Waals surface area (Å²) in [5.74, 6) is 0.0427. The van der Waals surface area contributed by atoms with Crippen molar-refractivity contribution < 1.29 is 4.79 Å². The van der Waals surface area contributed by atoms with Crippen LogP contribution in [0.3, 0.4) is 0 Å². The average molecular weight is 309 g/mol. The topological polar surface area (TPSA) is 52.9 Å². The fraction of sp³-hybridized carbons (Fsp3) is 0.429. The van der Waals surface area contributed by atoms with E-state index in [9.17, 15) is 4.79 Å². The second kappa shape index (κ2) is 6.01. The van der Waals surface area contributed by atoms with Gasteiger partial charge in [0.05, 0.1) is 11.4 Å². The number of nitriles is 1. The summed E-state index contributed by atoms with van der Waals surface area (Å²) in [4.78, 5) is 11.8. The Bertz CT molecular complexity index is 484. The average Bonchev–Trinajstić information content (AvgIpc) is 2.33. The molecule has 4 heteroatoms. The van der Waals surface area contributed by atoms with Gasteiger partial charge in [0.15, 0.2) is 5.78 Å². The number of alkyl halides is 1. The van der Waals surface area contributed by atoms with Crippen molar-refractivity contribution in [2.24, 2.45) is 0 Å². The molecular weight excluding hydrogens is 292 g/mol. The van der Waals surface area contributed by atoms with Crippen molar-refractivity contribution in [2.45, 2.75) is 26.2 Å². The van der Waals surface area contributed by atoms with Gasteiger partial charge in [-0.2, -0.15) is 5.26 Å². The van der Waals surface area contributed by atoms with Gasteiger partial charge in [0.25, 0.3) is 0 Å². The lowest BCUT2D eigenvalue weighted by Gasteiger charge is -2.21. The summed E-state index contributed by atoms with van der Waals surface area (Å²) < 4.78 is 0. The van der Waals surface area contributed by atoms with Crippen LogP contribution in [0.2, 0.25) is 0 Å². The summed E-state index contributed by atoms with van der Waals surface area (Å²) >= 11 is 3.18. The van der Waals surface area contributed by atoms with Gasteiger partial charge < -0.3 is 5.32 Å².